The van der Waals surface area contributed by atoms with Crippen LogP contribution in [-0.4, -0.2) is 23.8 Å². The Morgan fingerprint density at radius 3 is 2.48 bits per heavy atom. The predicted octanol–water partition coefficient (Wildman–Crippen LogP) is 2.68. The number of hydrogen-bond acceptors (Lipinski definition) is 6. The molecule has 23 heavy (non-hydrogen) atoms. The maximum absolute atomic E-state index is 12.5. The molecule has 1 aliphatic rings. The lowest BCUT2D eigenvalue weighted by Crippen LogP contribution is -2.44. The summed E-state index contributed by atoms with van der Waals surface area (Å²) in [6, 6.07) is 6.68. The van der Waals surface area contributed by atoms with Gasteiger partial charge in [0.2, 0.25) is 0 Å². The van der Waals surface area contributed by atoms with Crippen molar-refractivity contribution in [2.24, 2.45) is 5.73 Å². The van der Waals surface area contributed by atoms with E-state index in [0.29, 0.717) is 11.4 Å². The molecule has 1 aromatic carbocycles. The lowest BCUT2D eigenvalue weighted by atomic mass is 9.77. The molecule has 1 aliphatic carbocycles. The highest BCUT2D eigenvalue weighted by Gasteiger charge is 2.39. The van der Waals surface area contributed by atoms with E-state index in [0.717, 1.165) is 19.3 Å². The molecule has 2 aromatic rings. The first kappa shape index (κ1) is 17.9. The molecule has 0 amide bonds. The minimum absolute atomic E-state index is 0. The zero-order valence-corrected chi connectivity index (χ0v) is 14.7. The summed E-state index contributed by atoms with van der Waals surface area (Å²) in [7, 11) is -3.43. The van der Waals surface area contributed by atoms with Gasteiger partial charge in [-0.2, -0.15) is 4.98 Å². The quantitative estimate of drug-likeness (QED) is 0.903. The Balaban J connectivity index is 0.00000192. The van der Waals surface area contributed by atoms with E-state index in [1.165, 1.54) is 0 Å². The molecule has 2 N–H and O–H groups in total. The third-order valence-electron chi connectivity index (χ3n) is 4.16. The topological polar surface area (TPSA) is 99.1 Å². The summed E-state index contributed by atoms with van der Waals surface area (Å²) in [4.78, 5) is 4.55. The SMILES string of the molecule is CC(C)S(=O)(=O)c1ccccc1-c1nc(C2(N)CCC2)no1.Cl. The van der Waals surface area contributed by atoms with Crippen LogP contribution in [0, 0.1) is 0 Å². The largest absolute Gasteiger partial charge is 0.334 e. The number of aromatic nitrogens is 2. The minimum Gasteiger partial charge on any atom is -0.334 e. The van der Waals surface area contributed by atoms with Gasteiger partial charge < -0.3 is 10.3 Å². The Hall–Kier alpha value is -1.44. The number of nitrogens with zero attached hydrogens (tertiary/aromatic N) is 2. The Kier molecular flexibility index (Phi) is 4.84. The number of rotatable bonds is 4. The van der Waals surface area contributed by atoms with Crippen molar-refractivity contribution in [3.05, 3.63) is 30.1 Å². The molecule has 6 nitrogen and oxygen atoms in total. The van der Waals surface area contributed by atoms with Crippen molar-refractivity contribution in [1.82, 2.24) is 10.1 Å². The average molecular weight is 358 g/mol. The van der Waals surface area contributed by atoms with Gasteiger partial charge in [0.05, 0.1) is 21.2 Å². The predicted molar refractivity (Wildman–Crippen MR) is 89.0 cm³/mol. The number of hydrogen-bond donors (Lipinski definition) is 1. The monoisotopic (exact) mass is 357 g/mol. The lowest BCUT2D eigenvalue weighted by molar-refractivity contribution is 0.229. The van der Waals surface area contributed by atoms with E-state index in [9.17, 15) is 8.42 Å². The van der Waals surface area contributed by atoms with Crippen LogP contribution in [0.3, 0.4) is 0 Å². The van der Waals surface area contributed by atoms with Crippen LogP contribution in [0.15, 0.2) is 33.7 Å². The van der Waals surface area contributed by atoms with Gasteiger partial charge in [0.25, 0.3) is 5.89 Å². The number of benzene rings is 1. The first-order valence-corrected chi connectivity index (χ1v) is 8.85. The number of nitrogens with two attached hydrogens (primary N) is 1. The third-order valence-corrected chi connectivity index (χ3v) is 6.37. The van der Waals surface area contributed by atoms with Crippen molar-refractivity contribution in [2.75, 3.05) is 0 Å². The average Bonchev–Trinajstić information content (AvgIpc) is 2.94. The molecule has 0 radical (unpaired) electrons. The number of halogens is 1. The van der Waals surface area contributed by atoms with E-state index in [2.05, 4.69) is 10.1 Å². The van der Waals surface area contributed by atoms with Crippen LogP contribution in [0.2, 0.25) is 0 Å². The molecular weight excluding hydrogens is 338 g/mol. The third kappa shape index (κ3) is 3.00. The molecule has 8 heteroatoms. The molecule has 0 bridgehead atoms. The summed E-state index contributed by atoms with van der Waals surface area (Å²) in [5.41, 5.74) is 6.08. The van der Waals surface area contributed by atoms with Crippen LogP contribution in [0.4, 0.5) is 0 Å². The molecule has 0 atom stereocenters. The van der Waals surface area contributed by atoms with Gasteiger partial charge in [0.15, 0.2) is 15.7 Å². The molecule has 126 valence electrons. The fourth-order valence-electron chi connectivity index (χ4n) is 2.46. The summed E-state index contributed by atoms with van der Waals surface area (Å²) in [6.07, 6.45) is 2.68. The smallest absolute Gasteiger partial charge is 0.259 e. The second-order valence-electron chi connectivity index (χ2n) is 6.02. The fraction of sp³-hybridized carbons (Fsp3) is 0.467. The van der Waals surface area contributed by atoms with E-state index < -0.39 is 20.6 Å². The van der Waals surface area contributed by atoms with Crippen molar-refractivity contribution in [1.29, 1.82) is 0 Å². The Morgan fingerprint density at radius 1 is 1.26 bits per heavy atom. The molecule has 0 aliphatic heterocycles. The summed E-state index contributed by atoms with van der Waals surface area (Å²) >= 11 is 0. The second kappa shape index (κ2) is 6.22. The van der Waals surface area contributed by atoms with Crippen molar-refractivity contribution in [3.63, 3.8) is 0 Å². The normalized spacial score (nSPS) is 16.7. The molecular formula is C15H20ClN3O3S. The Morgan fingerprint density at radius 2 is 1.91 bits per heavy atom. The van der Waals surface area contributed by atoms with Gasteiger partial charge in [-0.05, 0) is 45.2 Å². The molecule has 3 rings (SSSR count). The van der Waals surface area contributed by atoms with Crippen molar-refractivity contribution < 1.29 is 12.9 Å². The highest BCUT2D eigenvalue weighted by Crippen LogP contribution is 2.38. The van der Waals surface area contributed by atoms with Crippen molar-refractivity contribution in [2.45, 2.75) is 48.8 Å². The number of sulfone groups is 1. The van der Waals surface area contributed by atoms with Gasteiger partial charge in [0.1, 0.15) is 0 Å². The molecule has 1 saturated carbocycles. The van der Waals surface area contributed by atoms with E-state index in [-0.39, 0.29) is 23.2 Å². The molecule has 0 unspecified atom stereocenters. The van der Waals surface area contributed by atoms with Gasteiger partial charge in [-0.15, -0.1) is 12.4 Å². The van der Waals surface area contributed by atoms with Crippen molar-refractivity contribution in [3.8, 4) is 11.5 Å². The zero-order valence-electron chi connectivity index (χ0n) is 13.0. The van der Waals surface area contributed by atoms with Gasteiger partial charge in [-0.25, -0.2) is 8.42 Å². The Labute approximate surface area is 141 Å². The molecule has 1 heterocycles. The minimum atomic E-state index is -3.43. The zero-order chi connectivity index (χ0) is 16.0. The molecule has 0 saturated heterocycles. The van der Waals surface area contributed by atoms with E-state index in [4.69, 9.17) is 10.3 Å². The molecule has 1 aromatic heterocycles. The van der Waals surface area contributed by atoms with E-state index in [1.807, 2.05) is 0 Å². The van der Waals surface area contributed by atoms with Crippen molar-refractivity contribution >= 4 is 22.2 Å². The van der Waals surface area contributed by atoms with Crippen LogP contribution in [0.1, 0.15) is 38.9 Å². The van der Waals surface area contributed by atoms with Crippen LogP contribution < -0.4 is 5.73 Å². The second-order valence-corrected chi connectivity index (χ2v) is 8.50. The molecule has 0 spiro atoms. The first-order chi connectivity index (χ1) is 10.3. The summed E-state index contributed by atoms with van der Waals surface area (Å²) in [5.74, 6) is 0.650. The van der Waals surface area contributed by atoms with E-state index >= 15 is 0 Å². The summed E-state index contributed by atoms with van der Waals surface area (Å²) in [5, 5.41) is 3.42. The maximum Gasteiger partial charge on any atom is 0.259 e. The standard InChI is InChI=1S/C15H19N3O3S.ClH/c1-10(2)22(19,20)12-7-4-3-6-11(12)13-17-14(18-21-13)15(16)8-5-9-15;/h3-4,6-7,10H,5,8-9,16H2,1-2H3;1H. The highest BCUT2D eigenvalue weighted by molar-refractivity contribution is 7.92. The van der Waals surface area contributed by atoms with Crippen LogP contribution >= 0.6 is 12.4 Å². The summed E-state index contributed by atoms with van der Waals surface area (Å²) in [6.45, 7) is 3.29. The molecule has 1 fully saturated rings. The van der Waals surface area contributed by atoms with E-state index in [1.54, 1.807) is 38.1 Å². The fourth-order valence-corrected chi connectivity index (χ4v) is 3.70. The van der Waals surface area contributed by atoms with Crippen LogP contribution in [-0.2, 0) is 15.4 Å². The lowest BCUT2D eigenvalue weighted by Gasteiger charge is -2.34. The highest BCUT2D eigenvalue weighted by atomic mass is 35.5. The van der Waals surface area contributed by atoms with Gasteiger partial charge in [0, 0.05) is 0 Å². The van der Waals surface area contributed by atoms with Gasteiger partial charge in [-0.3, -0.25) is 0 Å². The first-order valence-electron chi connectivity index (χ1n) is 7.31. The van der Waals surface area contributed by atoms with Gasteiger partial charge in [-0.1, -0.05) is 17.3 Å². The van der Waals surface area contributed by atoms with Crippen LogP contribution in [0.5, 0.6) is 0 Å². The maximum atomic E-state index is 12.5. The Bertz CT molecular complexity index is 798. The summed E-state index contributed by atoms with van der Waals surface area (Å²) < 4.78 is 30.2. The van der Waals surface area contributed by atoms with Crippen LogP contribution in [0.25, 0.3) is 11.5 Å². The van der Waals surface area contributed by atoms with Gasteiger partial charge >= 0.3 is 0 Å².